The van der Waals surface area contributed by atoms with Crippen LogP contribution in [0.25, 0.3) is 0 Å². The van der Waals surface area contributed by atoms with E-state index >= 15 is 0 Å². The SMILES string of the molecule is CC(C)OCCS(=O)(=O)Nc1c(C(=N)N)cnn1C. The predicted octanol–water partition coefficient (Wildman–Crippen LogP) is -0.129. The van der Waals surface area contributed by atoms with E-state index in [2.05, 4.69) is 9.82 Å². The van der Waals surface area contributed by atoms with E-state index in [0.29, 0.717) is 0 Å². The number of nitrogens with two attached hydrogens (primary N) is 1. The summed E-state index contributed by atoms with van der Waals surface area (Å²) < 4.78 is 32.6. The van der Waals surface area contributed by atoms with Gasteiger partial charge in [-0.05, 0) is 13.8 Å². The number of amidine groups is 1. The average Bonchev–Trinajstić information content (AvgIpc) is 2.59. The quantitative estimate of drug-likeness (QED) is 0.476. The third-order valence-corrected chi connectivity index (χ3v) is 3.49. The molecule has 0 spiro atoms. The molecule has 0 atom stereocenters. The molecule has 108 valence electrons. The third kappa shape index (κ3) is 4.52. The Hall–Kier alpha value is -1.61. The van der Waals surface area contributed by atoms with Crippen LogP contribution in [0.1, 0.15) is 19.4 Å². The van der Waals surface area contributed by atoms with Gasteiger partial charge in [0.1, 0.15) is 11.7 Å². The number of hydrogen-bond acceptors (Lipinski definition) is 5. The van der Waals surface area contributed by atoms with Crippen LogP contribution in [-0.4, -0.2) is 42.5 Å². The Bertz CT molecular complexity index is 550. The molecular formula is C10H19N5O3S. The van der Waals surface area contributed by atoms with E-state index in [9.17, 15) is 8.42 Å². The Kier molecular flexibility index (Phi) is 4.90. The highest BCUT2D eigenvalue weighted by atomic mass is 32.2. The minimum Gasteiger partial charge on any atom is -0.384 e. The molecule has 19 heavy (non-hydrogen) atoms. The second-order valence-electron chi connectivity index (χ2n) is 4.28. The summed E-state index contributed by atoms with van der Waals surface area (Å²) in [6.07, 6.45) is 1.31. The van der Waals surface area contributed by atoms with Crippen LogP contribution in [-0.2, 0) is 21.8 Å². The molecule has 0 saturated carbocycles. The number of nitrogens with one attached hydrogen (secondary N) is 2. The average molecular weight is 289 g/mol. The number of aromatic nitrogens is 2. The molecule has 1 aromatic heterocycles. The number of sulfonamides is 1. The summed E-state index contributed by atoms with van der Waals surface area (Å²) in [6.45, 7) is 3.75. The zero-order valence-corrected chi connectivity index (χ0v) is 12.0. The number of anilines is 1. The molecule has 0 amide bonds. The molecule has 0 unspecified atom stereocenters. The van der Waals surface area contributed by atoms with Gasteiger partial charge < -0.3 is 10.5 Å². The molecule has 9 heteroatoms. The molecule has 1 rings (SSSR count). The van der Waals surface area contributed by atoms with Gasteiger partial charge in [-0.1, -0.05) is 0 Å². The predicted molar refractivity (Wildman–Crippen MR) is 72.7 cm³/mol. The second-order valence-corrected chi connectivity index (χ2v) is 6.13. The van der Waals surface area contributed by atoms with Crippen LogP contribution < -0.4 is 10.5 Å². The van der Waals surface area contributed by atoms with Gasteiger partial charge in [-0.3, -0.25) is 14.8 Å². The number of hydrogen-bond donors (Lipinski definition) is 3. The first-order chi connectivity index (χ1) is 8.73. The van der Waals surface area contributed by atoms with E-state index in [1.165, 1.54) is 10.9 Å². The number of aryl methyl sites for hydroxylation is 1. The maximum absolute atomic E-state index is 11.9. The first kappa shape index (κ1) is 15.4. The van der Waals surface area contributed by atoms with Crippen molar-refractivity contribution < 1.29 is 13.2 Å². The van der Waals surface area contributed by atoms with Crippen LogP contribution in [0.5, 0.6) is 0 Å². The van der Waals surface area contributed by atoms with Crippen molar-refractivity contribution in [1.29, 1.82) is 5.41 Å². The van der Waals surface area contributed by atoms with E-state index in [4.69, 9.17) is 15.9 Å². The number of rotatable bonds is 7. The van der Waals surface area contributed by atoms with Crippen molar-refractivity contribution in [3.63, 3.8) is 0 Å². The van der Waals surface area contributed by atoms with Gasteiger partial charge in [0.15, 0.2) is 0 Å². The van der Waals surface area contributed by atoms with E-state index in [1.807, 2.05) is 13.8 Å². The van der Waals surface area contributed by atoms with Crippen LogP contribution in [0.3, 0.4) is 0 Å². The summed E-state index contributed by atoms with van der Waals surface area (Å²) in [5.74, 6) is -0.241. The molecule has 0 aromatic carbocycles. The summed E-state index contributed by atoms with van der Waals surface area (Å²) in [6, 6.07) is 0. The lowest BCUT2D eigenvalue weighted by atomic mass is 10.3. The lowest BCUT2D eigenvalue weighted by molar-refractivity contribution is 0.0913. The number of nitrogens with zero attached hydrogens (tertiary/aromatic N) is 2. The summed E-state index contributed by atoms with van der Waals surface area (Å²) in [7, 11) is -2.00. The van der Waals surface area contributed by atoms with Gasteiger partial charge in [-0.2, -0.15) is 5.10 Å². The van der Waals surface area contributed by atoms with Crippen molar-refractivity contribution in [2.75, 3.05) is 17.1 Å². The Morgan fingerprint density at radius 2 is 2.26 bits per heavy atom. The Labute approximate surface area is 112 Å². The summed E-state index contributed by atoms with van der Waals surface area (Å²) in [5.41, 5.74) is 5.60. The van der Waals surface area contributed by atoms with Crippen LogP contribution in [0.2, 0.25) is 0 Å². The number of nitrogen functional groups attached to an aromatic ring is 1. The normalized spacial score (nSPS) is 11.8. The lowest BCUT2D eigenvalue weighted by Crippen LogP contribution is -2.24. The van der Waals surface area contributed by atoms with Crippen LogP contribution in [0, 0.1) is 5.41 Å². The maximum atomic E-state index is 11.9. The van der Waals surface area contributed by atoms with Crippen molar-refractivity contribution in [2.45, 2.75) is 20.0 Å². The highest BCUT2D eigenvalue weighted by Crippen LogP contribution is 2.15. The van der Waals surface area contributed by atoms with Gasteiger partial charge >= 0.3 is 0 Å². The standard InChI is InChI=1S/C10H19N5O3S/c1-7(2)18-4-5-19(16,17)14-10-8(9(11)12)6-13-15(10)3/h6-7,14H,4-5H2,1-3H3,(H3,11,12). The fourth-order valence-corrected chi connectivity index (χ4v) is 2.30. The minimum atomic E-state index is -3.57. The highest BCUT2D eigenvalue weighted by Gasteiger charge is 2.18. The van der Waals surface area contributed by atoms with Gasteiger partial charge in [0.2, 0.25) is 10.0 Å². The van der Waals surface area contributed by atoms with E-state index in [1.54, 1.807) is 7.05 Å². The molecular weight excluding hydrogens is 270 g/mol. The minimum absolute atomic E-state index is 0.0281. The molecule has 0 aliphatic carbocycles. The van der Waals surface area contributed by atoms with Crippen molar-refractivity contribution in [3.8, 4) is 0 Å². The molecule has 0 saturated heterocycles. The topological polar surface area (TPSA) is 123 Å². The van der Waals surface area contributed by atoms with Crippen molar-refractivity contribution >= 4 is 21.7 Å². The van der Waals surface area contributed by atoms with Crippen LogP contribution in [0.4, 0.5) is 5.82 Å². The smallest absolute Gasteiger partial charge is 0.236 e. The fraction of sp³-hybridized carbons (Fsp3) is 0.600. The maximum Gasteiger partial charge on any atom is 0.236 e. The Morgan fingerprint density at radius 1 is 1.63 bits per heavy atom. The Morgan fingerprint density at radius 3 is 2.79 bits per heavy atom. The zero-order chi connectivity index (χ0) is 14.6. The van der Waals surface area contributed by atoms with Crippen molar-refractivity contribution in [1.82, 2.24) is 9.78 Å². The molecule has 0 radical (unpaired) electrons. The first-order valence-electron chi connectivity index (χ1n) is 5.71. The third-order valence-electron chi connectivity index (χ3n) is 2.28. The number of ether oxygens (including phenoxy) is 1. The lowest BCUT2D eigenvalue weighted by Gasteiger charge is -2.11. The summed E-state index contributed by atoms with van der Waals surface area (Å²) in [5, 5.41) is 11.2. The highest BCUT2D eigenvalue weighted by molar-refractivity contribution is 7.92. The fourth-order valence-electron chi connectivity index (χ4n) is 1.35. The second kappa shape index (κ2) is 6.02. The van der Waals surface area contributed by atoms with Gasteiger partial charge in [0, 0.05) is 7.05 Å². The first-order valence-corrected chi connectivity index (χ1v) is 7.36. The van der Waals surface area contributed by atoms with Gasteiger partial charge in [0.25, 0.3) is 0 Å². The summed E-state index contributed by atoms with van der Waals surface area (Å²) >= 11 is 0. The van der Waals surface area contributed by atoms with Crippen molar-refractivity contribution in [2.24, 2.45) is 12.8 Å². The Balaban J connectivity index is 2.78. The van der Waals surface area contributed by atoms with Crippen LogP contribution >= 0.6 is 0 Å². The van der Waals surface area contributed by atoms with E-state index in [-0.39, 0.29) is 35.7 Å². The molecule has 0 aliphatic heterocycles. The van der Waals surface area contributed by atoms with Crippen LogP contribution in [0.15, 0.2) is 6.20 Å². The molecule has 4 N–H and O–H groups in total. The molecule has 0 bridgehead atoms. The van der Waals surface area contributed by atoms with Gasteiger partial charge in [-0.15, -0.1) is 0 Å². The van der Waals surface area contributed by atoms with Gasteiger partial charge in [0.05, 0.1) is 30.2 Å². The molecule has 1 aromatic rings. The molecule has 0 aliphatic rings. The van der Waals surface area contributed by atoms with E-state index < -0.39 is 10.0 Å². The largest absolute Gasteiger partial charge is 0.384 e. The summed E-state index contributed by atoms with van der Waals surface area (Å²) in [4.78, 5) is 0. The van der Waals surface area contributed by atoms with Crippen molar-refractivity contribution in [3.05, 3.63) is 11.8 Å². The molecule has 0 fully saturated rings. The molecule has 1 heterocycles. The van der Waals surface area contributed by atoms with E-state index in [0.717, 1.165) is 0 Å². The zero-order valence-electron chi connectivity index (χ0n) is 11.2. The molecule has 8 nitrogen and oxygen atoms in total. The monoisotopic (exact) mass is 289 g/mol. The van der Waals surface area contributed by atoms with Gasteiger partial charge in [-0.25, -0.2) is 8.42 Å².